The Labute approximate surface area is 146 Å². The molecule has 0 amide bonds. The zero-order chi connectivity index (χ0) is 16.7. The largest absolute Gasteiger partial charge is 0.418 e. The van der Waals surface area contributed by atoms with Crippen LogP contribution in [-0.2, 0) is 19.4 Å². The number of rotatable bonds is 4. The zero-order valence-corrected chi connectivity index (χ0v) is 15.1. The summed E-state index contributed by atoms with van der Waals surface area (Å²) in [5, 5.41) is 8.54. The molecule has 4 nitrogen and oxygen atoms in total. The Kier molecular flexibility index (Phi) is 3.88. The topological polar surface area (TPSA) is 42.2 Å². The van der Waals surface area contributed by atoms with Crippen LogP contribution in [0.3, 0.4) is 0 Å². The van der Waals surface area contributed by atoms with E-state index in [1.165, 1.54) is 21.7 Å². The highest BCUT2D eigenvalue weighted by atomic mass is 32.1. The van der Waals surface area contributed by atoms with Crippen molar-refractivity contribution in [3.8, 4) is 10.8 Å². The summed E-state index contributed by atoms with van der Waals surface area (Å²) in [5.41, 5.74) is 3.98. The van der Waals surface area contributed by atoms with E-state index >= 15 is 0 Å². The van der Waals surface area contributed by atoms with Crippen molar-refractivity contribution in [1.82, 2.24) is 10.2 Å². The third kappa shape index (κ3) is 2.63. The van der Waals surface area contributed by atoms with Crippen molar-refractivity contribution in [2.24, 2.45) is 0 Å². The Morgan fingerprint density at radius 2 is 2.12 bits per heavy atom. The van der Waals surface area contributed by atoms with Gasteiger partial charge in [0.2, 0.25) is 5.89 Å². The molecule has 0 aliphatic carbocycles. The number of para-hydroxylation sites is 1. The quantitative estimate of drug-likeness (QED) is 0.695. The van der Waals surface area contributed by atoms with Crippen molar-refractivity contribution < 1.29 is 4.42 Å². The van der Waals surface area contributed by atoms with E-state index in [4.69, 9.17) is 4.42 Å². The summed E-state index contributed by atoms with van der Waals surface area (Å²) in [6.07, 6.45) is 2.11. The van der Waals surface area contributed by atoms with Gasteiger partial charge in [-0.3, -0.25) is 0 Å². The van der Waals surface area contributed by atoms with E-state index < -0.39 is 0 Å². The zero-order valence-electron chi connectivity index (χ0n) is 14.2. The maximum atomic E-state index is 5.95. The third-order valence-electron chi connectivity index (χ3n) is 4.67. The fraction of sp³-hybridized carbons (Fsp3) is 0.368. The van der Waals surface area contributed by atoms with Gasteiger partial charge >= 0.3 is 0 Å². The van der Waals surface area contributed by atoms with Crippen LogP contribution in [0.2, 0.25) is 0 Å². The van der Waals surface area contributed by atoms with Crippen LogP contribution in [0.4, 0.5) is 5.69 Å². The number of hydrogen-bond acceptors (Lipinski definition) is 5. The maximum Gasteiger partial charge on any atom is 0.257 e. The van der Waals surface area contributed by atoms with Gasteiger partial charge < -0.3 is 9.32 Å². The highest BCUT2D eigenvalue weighted by Gasteiger charge is 2.27. The van der Waals surface area contributed by atoms with Crippen molar-refractivity contribution in [3.63, 3.8) is 0 Å². The van der Waals surface area contributed by atoms with Gasteiger partial charge in [-0.1, -0.05) is 25.1 Å². The molecule has 1 aliphatic heterocycles. The van der Waals surface area contributed by atoms with Gasteiger partial charge in [-0.15, -0.1) is 21.5 Å². The smallest absolute Gasteiger partial charge is 0.257 e. The number of benzene rings is 1. The van der Waals surface area contributed by atoms with E-state index in [1.54, 1.807) is 11.3 Å². The lowest BCUT2D eigenvalue weighted by Gasteiger charge is -2.22. The van der Waals surface area contributed by atoms with Crippen LogP contribution in [0.15, 0.2) is 34.7 Å². The van der Waals surface area contributed by atoms with Gasteiger partial charge in [-0.05, 0) is 49.9 Å². The number of anilines is 1. The summed E-state index contributed by atoms with van der Waals surface area (Å²) in [7, 11) is 0. The molecule has 3 heterocycles. The monoisotopic (exact) mass is 339 g/mol. The van der Waals surface area contributed by atoms with Crippen LogP contribution >= 0.6 is 11.3 Å². The van der Waals surface area contributed by atoms with Crippen LogP contribution in [0.1, 0.15) is 35.7 Å². The summed E-state index contributed by atoms with van der Waals surface area (Å²) in [5.74, 6) is 1.32. The lowest BCUT2D eigenvalue weighted by Crippen LogP contribution is -2.28. The van der Waals surface area contributed by atoms with Gasteiger partial charge in [0, 0.05) is 16.6 Å². The number of aromatic nitrogens is 2. The van der Waals surface area contributed by atoms with Crippen LogP contribution in [0.5, 0.6) is 0 Å². The SMILES string of the molecule is CCc1sc(-c2nnc(CN3c4ccccc4C[C@@H]3C)o2)cc1C. The predicted octanol–water partition coefficient (Wildman–Crippen LogP) is 4.62. The first-order chi connectivity index (χ1) is 11.7. The first kappa shape index (κ1) is 15.4. The first-order valence-corrected chi connectivity index (χ1v) is 9.24. The van der Waals surface area contributed by atoms with Gasteiger partial charge in [0.25, 0.3) is 5.89 Å². The molecule has 0 unspecified atom stereocenters. The van der Waals surface area contributed by atoms with Gasteiger partial charge in [0.15, 0.2) is 0 Å². The summed E-state index contributed by atoms with van der Waals surface area (Å²) in [4.78, 5) is 4.80. The highest BCUT2D eigenvalue weighted by molar-refractivity contribution is 7.15. The van der Waals surface area contributed by atoms with Crippen molar-refractivity contribution in [2.75, 3.05) is 4.90 Å². The fourth-order valence-corrected chi connectivity index (χ4v) is 4.44. The van der Waals surface area contributed by atoms with Gasteiger partial charge in [0.05, 0.1) is 11.4 Å². The predicted molar refractivity (Wildman–Crippen MR) is 97.5 cm³/mol. The van der Waals surface area contributed by atoms with E-state index in [2.05, 4.69) is 66.2 Å². The lowest BCUT2D eigenvalue weighted by atomic mass is 10.1. The Bertz CT molecular complexity index is 867. The van der Waals surface area contributed by atoms with E-state index in [0.29, 0.717) is 24.4 Å². The summed E-state index contributed by atoms with van der Waals surface area (Å²) >= 11 is 1.75. The van der Waals surface area contributed by atoms with Gasteiger partial charge in [0.1, 0.15) is 0 Å². The number of fused-ring (bicyclic) bond motifs is 1. The normalized spacial score (nSPS) is 16.6. The standard InChI is InChI=1S/C19H21N3OS/c1-4-16-12(2)9-17(24-16)19-21-20-18(23-19)11-22-13(3)10-14-7-5-6-8-15(14)22/h5-9,13H,4,10-11H2,1-3H3/t13-/m0/s1. The molecular formula is C19H21N3OS. The molecule has 5 heteroatoms. The fourth-order valence-electron chi connectivity index (χ4n) is 3.41. The summed E-state index contributed by atoms with van der Waals surface area (Å²) < 4.78 is 5.95. The third-order valence-corrected chi connectivity index (χ3v) is 6.04. The average molecular weight is 339 g/mol. The van der Waals surface area contributed by atoms with E-state index in [0.717, 1.165) is 17.7 Å². The number of thiophene rings is 1. The molecule has 0 saturated carbocycles. The minimum absolute atomic E-state index is 0.452. The molecule has 0 bridgehead atoms. The lowest BCUT2D eigenvalue weighted by molar-refractivity contribution is 0.489. The van der Waals surface area contributed by atoms with Crippen molar-refractivity contribution in [3.05, 3.63) is 52.2 Å². The van der Waals surface area contributed by atoms with Crippen LogP contribution in [0.25, 0.3) is 10.8 Å². The Morgan fingerprint density at radius 1 is 1.29 bits per heavy atom. The second-order valence-electron chi connectivity index (χ2n) is 6.38. The van der Waals surface area contributed by atoms with E-state index in [9.17, 15) is 0 Å². The molecule has 4 rings (SSSR count). The molecule has 0 fully saturated rings. The molecule has 24 heavy (non-hydrogen) atoms. The number of nitrogens with zero attached hydrogens (tertiary/aromatic N) is 3. The van der Waals surface area contributed by atoms with Crippen LogP contribution in [0, 0.1) is 6.92 Å². The molecule has 124 valence electrons. The molecule has 2 aromatic heterocycles. The average Bonchev–Trinajstić information content (AvgIpc) is 3.26. The molecule has 0 saturated heterocycles. The van der Waals surface area contributed by atoms with Gasteiger partial charge in [-0.25, -0.2) is 0 Å². The Hall–Kier alpha value is -2.14. The molecule has 0 N–H and O–H groups in total. The van der Waals surface area contributed by atoms with Crippen LogP contribution in [-0.4, -0.2) is 16.2 Å². The molecule has 0 radical (unpaired) electrons. The van der Waals surface area contributed by atoms with Crippen LogP contribution < -0.4 is 4.90 Å². The summed E-state index contributed by atoms with van der Waals surface area (Å²) in [6, 6.07) is 11.2. The number of aryl methyl sites for hydroxylation is 2. The first-order valence-electron chi connectivity index (χ1n) is 8.42. The molecular weight excluding hydrogens is 318 g/mol. The van der Waals surface area contributed by atoms with Crippen molar-refractivity contribution in [2.45, 2.75) is 46.2 Å². The second kappa shape index (κ2) is 6.06. The summed E-state index contributed by atoms with van der Waals surface area (Å²) in [6.45, 7) is 7.22. The van der Waals surface area contributed by atoms with E-state index in [-0.39, 0.29) is 0 Å². The molecule has 3 aromatic rings. The highest BCUT2D eigenvalue weighted by Crippen LogP contribution is 2.34. The Balaban J connectivity index is 1.57. The molecule has 1 atom stereocenters. The van der Waals surface area contributed by atoms with Gasteiger partial charge in [-0.2, -0.15) is 0 Å². The second-order valence-corrected chi connectivity index (χ2v) is 7.52. The van der Waals surface area contributed by atoms with Crippen molar-refractivity contribution >= 4 is 17.0 Å². The van der Waals surface area contributed by atoms with E-state index in [1.807, 2.05) is 0 Å². The molecule has 0 spiro atoms. The molecule has 1 aromatic carbocycles. The minimum Gasteiger partial charge on any atom is -0.418 e. The Morgan fingerprint density at radius 3 is 2.92 bits per heavy atom. The minimum atomic E-state index is 0.452. The maximum absolute atomic E-state index is 5.95. The molecule has 1 aliphatic rings. The number of hydrogen-bond donors (Lipinski definition) is 0. The van der Waals surface area contributed by atoms with Crippen molar-refractivity contribution in [1.29, 1.82) is 0 Å².